The van der Waals surface area contributed by atoms with Crippen molar-refractivity contribution in [1.82, 2.24) is 19.4 Å². The van der Waals surface area contributed by atoms with E-state index in [2.05, 4.69) is 25.1 Å². The second kappa shape index (κ2) is 6.86. The lowest BCUT2D eigenvalue weighted by Crippen LogP contribution is -2.09. The minimum atomic E-state index is -0.498. The minimum Gasteiger partial charge on any atom is -0.271 e. The van der Waals surface area contributed by atoms with Gasteiger partial charge in [-0.3, -0.25) is 14.2 Å². The molecule has 1 amide bonds. The third-order valence-electron chi connectivity index (χ3n) is 3.01. The fraction of sp³-hybridized carbons (Fsp3) is 0.0667. The van der Waals surface area contributed by atoms with Crippen molar-refractivity contribution in [3.63, 3.8) is 0 Å². The van der Waals surface area contributed by atoms with Crippen LogP contribution in [0.1, 0.15) is 25.7 Å². The molecule has 0 atom stereocenters. The van der Waals surface area contributed by atoms with Gasteiger partial charge in [0.05, 0.1) is 5.69 Å². The van der Waals surface area contributed by atoms with Gasteiger partial charge in [-0.15, -0.1) is 0 Å². The second-order valence-electron chi connectivity index (χ2n) is 4.65. The fourth-order valence-corrected chi connectivity index (χ4v) is 2.69. The molecule has 3 rings (SSSR count). The number of nitrogens with zero attached hydrogens (tertiary/aromatic N) is 6. The highest BCUT2D eigenvalue weighted by atomic mass is 32.1. The lowest BCUT2D eigenvalue weighted by atomic mass is 10.2. The molecule has 2 heterocycles. The van der Waals surface area contributed by atoms with Gasteiger partial charge in [0.15, 0.2) is 5.11 Å². The summed E-state index contributed by atoms with van der Waals surface area (Å²) in [5, 5.41) is 7.54. The Hall–Kier alpha value is -3.29. The third kappa shape index (κ3) is 3.37. The predicted octanol–water partition coefficient (Wildman–Crippen LogP) is 2.78. The van der Waals surface area contributed by atoms with E-state index in [1.54, 1.807) is 43.5 Å². The number of aryl methyl sites for hydroxylation is 1. The van der Waals surface area contributed by atoms with Crippen molar-refractivity contribution in [2.24, 2.45) is 10.2 Å². The smallest absolute Gasteiger partial charge is 0.271 e. The second-order valence-corrected chi connectivity index (χ2v) is 5.62. The Bertz CT molecular complexity index is 940. The summed E-state index contributed by atoms with van der Waals surface area (Å²) in [5.74, 6) is -0.747. The van der Waals surface area contributed by atoms with Crippen LogP contribution in [0.3, 0.4) is 0 Å². The number of thiazole rings is 1. The van der Waals surface area contributed by atoms with Crippen LogP contribution >= 0.6 is 11.3 Å². The highest BCUT2D eigenvalue weighted by Gasteiger charge is 2.18. The summed E-state index contributed by atoms with van der Waals surface area (Å²) in [4.78, 5) is 35.9. The Morgan fingerprint density at radius 1 is 1.25 bits per heavy atom. The molecule has 0 bridgehead atoms. The average Bonchev–Trinajstić information content (AvgIpc) is 3.25. The van der Waals surface area contributed by atoms with Crippen molar-refractivity contribution >= 4 is 28.3 Å². The van der Waals surface area contributed by atoms with Crippen molar-refractivity contribution in [1.29, 1.82) is 0 Å². The van der Waals surface area contributed by atoms with Gasteiger partial charge in [0.1, 0.15) is 11.2 Å². The summed E-state index contributed by atoms with van der Waals surface area (Å²) in [5.41, 5.74) is 0.949. The first-order valence-electron chi connectivity index (χ1n) is 6.86. The number of carbonyl (C=O) groups excluding carboxylic acids is 2. The topological polar surface area (TPSA) is 104 Å². The highest BCUT2D eigenvalue weighted by Crippen LogP contribution is 2.25. The summed E-state index contributed by atoms with van der Waals surface area (Å²) in [6, 6.07) is 8.54. The van der Waals surface area contributed by atoms with Gasteiger partial charge in [0.25, 0.3) is 11.0 Å². The summed E-state index contributed by atoms with van der Waals surface area (Å²) < 4.78 is 1.35. The van der Waals surface area contributed by atoms with Gasteiger partial charge in [0.2, 0.25) is 10.0 Å². The summed E-state index contributed by atoms with van der Waals surface area (Å²) in [6.07, 6.45) is 4.48. The average molecular weight is 339 g/mol. The maximum Gasteiger partial charge on any atom is 0.360 e. The zero-order chi connectivity index (χ0) is 16.9. The Morgan fingerprint density at radius 3 is 2.75 bits per heavy atom. The van der Waals surface area contributed by atoms with Crippen molar-refractivity contribution < 1.29 is 9.59 Å². The first-order chi connectivity index (χ1) is 11.6. The van der Waals surface area contributed by atoms with E-state index >= 15 is 0 Å². The number of imidazole rings is 1. The molecule has 0 saturated carbocycles. The normalized spacial score (nSPS) is 10.0. The molecular formula is C15H11N6O2S+. The lowest BCUT2D eigenvalue weighted by Gasteiger charge is -1.96. The number of amides is 1. The van der Waals surface area contributed by atoms with Crippen LogP contribution in [0.2, 0.25) is 0 Å². The van der Waals surface area contributed by atoms with Gasteiger partial charge in [-0.25, -0.2) is 9.97 Å². The third-order valence-corrected chi connectivity index (χ3v) is 4.03. The van der Waals surface area contributed by atoms with E-state index in [1.165, 1.54) is 17.1 Å². The van der Waals surface area contributed by atoms with E-state index < -0.39 is 5.91 Å². The first kappa shape index (κ1) is 15.6. The van der Waals surface area contributed by atoms with Crippen LogP contribution in [0.15, 0.2) is 59.3 Å². The molecule has 118 valence electrons. The van der Waals surface area contributed by atoms with Gasteiger partial charge in [-0.1, -0.05) is 29.5 Å². The molecule has 0 saturated heterocycles. The van der Waals surface area contributed by atoms with E-state index in [9.17, 15) is 9.59 Å². The van der Waals surface area contributed by atoms with E-state index in [-0.39, 0.29) is 11.0 Å². The Morgan fingerprint density at radius 2 is 2.04 bits per heavy atom. The monoisotopic (exact) mass is 339 g/mol. The fourth-order valence-electron chi connectivity index (χ4n) is 1.86. The highest BCUT2D eigenvalue weighted by molar-refractivity contribution is 7.17. The van der Waals surface area contributed by atoms with Crippen LogP contribution in [0.4, 0.5) is 5.13 Å². The van der Waals surface area contributed by atoms with E-state index in [0.29, 0.717) is 16.1 Å². The van der Waals surface area contributed by atoms with Crippen LogP contribution in [-0.2, 0) is 0 Å². The van der Waals surface area contributed by atoms with E-state index in [4.69, 9.17) is 0 Å². The van der Waals surface area contributed by atoms with Crippen LogP contribution in [0, 0.1) is 6.92 Å². The molecule has 0 spiro atoms. The van der Waals surface area contributed by atoms with Crippen LogP contribution in [0.5, 0.6) is 0 Å². The first-order valence-corrected chi connectivity index (χ1v) is 7.68. The van der Waals surface area contributed by atoms with E-state index in [0.717, 1.165) is 11.3 Å². The molecule has 0 aliphatic carbocycles. The number of rotatable bonds is 3. The molecule has 24 heavy (non-hydrogen) atoms. The zero-order valence-corrected chi connectivity index (χ0v) is 13.3. The van der Waals surface area contributed by atoms with Crippen LogP contribution in [-0.4, -0.2) is 26.3 Å². The molecule has 2 aromatic heterocycles. The number of benzene rings is 1. The molecule has 0 aliphatic rings. The van der Waals surface area contributed by atoms with Gasteiger partial charge in [-0.2, -0.15) is 0 Å². The summed E-state index contributed by atoms with van der Waals surface area (Å²) in [7, 11) is 0. The molecule has 3 aromatic rings. The molecule has 8 nitrogen and oxygen atoms in total. The number of aromatic nitrogens is 3. The molecule has 0 unspecified atom stereocenters. The Balaban J connectivity index is 1.79. The number of hydrogen-bond acceptors (Lipinski definition) is 6. The standard InChI is InChI=1S/C15H11N6O2S/c1-10-12(14(23)21-8-7-16-9-21)24-15(17-10)19-20-18-13(22)11-5-3-2-4-6-11/h2-9H,1H3/q+1. The summed E-state index contributed by atoms with van der Waals surface area (Å²) >= 11 is 1.07. The Kier molecular flexibility index (Phi) is 4.46. The van der Waals surface area contributed by atoms with Crippen molar-refractivity contribution in [3.8, 4) is 0 Å². The summed E-state index contributed by atoms with van der Waals surface area (Å²) in [6.45, 7) is 1.70. The molecule has 9 heteroatoms. The largest absolute Gasteiger partial charge is 0.360 e. The number of carbonyl (C=O) groups is 2. The van der Waals surface area contributed by atoms with Gasteiger partial charge in [-0.05, 0) is 19.1 Å². The van der Waals surface area contributed by atoms with Crippen molar-refractivity contribution in [2.45, 2.75) is 6.92 Å². The Labute approximate surface area is 140 Å². The zero-order valence-electron chi connectivity index (χ0n) is 12.5. The molecule has 0 fully saturated rings. The molecule has 0 radical (unpaired) electrons. The van der Waals surface area contributed by atoms with Gasteiger partial charge in [0, 0.05) is 18.0 Å². The molecule has 0 aliphatic heterocycles. The van der Waals surface area contributed by atoms with Gasteiger partial charge >= 0.3 is 5.91 Å². The quantitative estimate of drug-likeness (QED) is 0.540. The molecular weight excluding hydrogens is 328 g/mol. The molecule has 0 N–H and O–H groups in total. The lowest BCUT2D eigenvalue weighted by molar-refractivity contribution is 0.0961. The van der Waals surface area contributed by atoms with Crippen molar-refractivity contribution in [2.75, 3.05) is 0 Å². The van der Waals surface area contributed by atoms with E-state index in [1.807, 2.05) is 0 Å². The minimum absolute atomic E-state index is 0.249. The van der Waals surface area contributed by atoms with Crippen LogP contribution < -0.4 is 4.91 Å². The molecule has 1 aromatic carbocycles. The van der Waals surface area contributed by atoms with Gasteiger partial charge < -0.3 is 0 Å². The van der Waals surface area contributed by atoms with Crippen molar-refractivity contribution in [3.05, 3.63) is 65.2 Å². The maximum atomic E-state index is 12.3. The SMILES string of the molecule is Cc1nc(N=[N+]=NC(=O)c2ccccc2)sc1C(=O)n1ccnc1. The number of hydrogen-bond donors (Lipinski definition) is 0. The predicted molar refractivity (Wildman–Crippen MR) is 86.2 cm³/mol. The van der Waals surface area contributed by atoms with Crippen LogP contribution in [0.25, 0.3) is 0 Å². The maximum absolute atomic E-state index is 12.3.